The Balaban J connectivity index is 1.97. The first kappa shape index (κ1) is 22.8. The number of benzene rings is 1. The lowest BCUT2D eigenvalue weighted by atomic mass is 10.0. The van der Waals surface area contributed by atoms with Crippen LogP contribution in [-0.4, -0.2) is 44.5 Å². The van der Waals surface area contributed by atoms with Crippen LogP contribution in [0.3, 0.4) is 0 Å². The maximum atomic E-state index is 12.9. The summed E-state index contributed by atoms with van der Waals surface area (Å²) in [7, 11) is -1.96. The number of amides is 1. The van der Waals surface area contributed by atoms with Crippen LogP contribution in [0.4, 0.5) is 5.82 Å². The van der Waals surface area contributed by atoms with E-state index in [0.717, 1.165) is 29.5 Å². The van der Waals surface area contributed by atoms with Gasteiger partial charge >= 0.3 is 0 Å². The largest absolute Gasteiger partial charge is 0.437 e. The van der Waals surface area contributed by atoms with Gasteiger partial charge in [-0.3, -0.25) is 9.10 Å². The number of nitrogens with one attached hydrogen (secondary N) is 1. The highest BCUT2D eigenvalue weighted by atomic mass is 79.9. The molecule has 2 aromatic heterocycles. The second-order valence-electron chi connectivity index (χ2n) is 8.16. The number of sulfonamides is 1. The van der Waals surface area contributed by atoms with Crippen molar-refractivity contribution in [2.45, 2.75) is 32.1 Å². The molecule has 1 amide bonds. The smallest absolute Gasteiger partial charge is 0.255 e. The van der Waals surface area contributed by atoms with E-state index in [1.54, 1.807) is 7.05 Å². The second kappa shape index (κ2) is 8.86. The number of alkyl halides is 1. The molecular formula is C23H26BrN3O4S. The summed E-state index contributed by atoms with van der Waals surface area (Å²) in [5, 5.41) is 3.97. The van der Waals surface area contributed by atoms with Crippen molar-refractivity contribution in [3.8, 4) is 11.3 Å². The van der Waals surface area contributed by atoms with E-state index in [9.17, 15) is 13.2 Å². The van der Waals surface area contributed by atoms with Crippen molar-refractivity contribution < 1.29 is 17.6 Å². The number of hydrogen-bond acceptors (Lipinski definition) is 5. The molecule has 0 spiro atoms. The lowest BCUT2D eigenvalue weighted by Crippen LogP contribution is -2.32. The van der Waals surface area contributed by atoms with Gasteiger partial charge in [0.1, 0.15) is 11.6 Å². The number of carbonyl (C=O) groups excluding carboxylic acids is 1. The van der Waals surface area contributed by atoms with Gasteiger partial charge in [-0.1, -0.05) is 45.8 Å². The van der Waals surface area contributed by atoms with Crippen LogP contribution in [0, 0.1) is 6.92 Å². The van der Waals surface area contributed by atoms with Crippen molar-refractivity contribution in [2.24, 2.45) is 0 Å². The average molecular weight is 520 g/mol. The van der Waals surface area contributed by atoms with Crippen LogP contribution in [-0.2, 0) is 10.0 Å². The molecule has 0 bridgehead atoms. The summed E-state index contributed by atoms with van der Waals surface area (Å²) >= 11 is 3.38. The van der Waals surface area contributed by atoms with Gasteiger partial charge < -0.3 is 9.73 Å². The van der Waals surface area contributed by atoms with Gasteiger partial charge in [0.25, 0.3) is 5.91 Å². The van der Waals surface area contributed by atoms with Crippen molar-refractivity contribution in [1.82, 2.24) is 10.3 Å². The first-order valence-corrected chi connectivity index (χ1v) is 13.5. The predicted octanol–water partition coefficient (Wildman–Crippen LogP) is 4.59. The van der Waals surface area contributed by atoms with E-state index >= 15 is 0 Å². The Labute approximate surface area is 196 Å². The third-order valence-corrected chi connectivity index (χ3v) is 7.32. The van der Waals surface area contributed by atoms with Crippen LogP contribution >= 0.6 is 15.9 Å². The normalized spacial score (nSPS) is 14.0. The highest BCUT2D eigenvalue weighted by Gasteiger charge is 2.34. The minimum atomic E-state index is -3.54. The molecule has 1 N–H and O–H groups in total. The fourth-order valence-electron chi connectivity index (χ4n) is 3.81. The summed E-state index contributed by atoms with van der Waals surface area (Å²) in [6.07, 6.45) is 3.77. The molecule has 0 unspecified atom stereocenters. The molecule has 4 rings (SSSR count). The minimum absolute atomic E-state index is 0.227. The van der Waals surface area contributed by atoms with Crippen LogP contribution in [0.1, 0.15) is 46.7 Å². The van der Waals surface area contributed by atoms with Gasteiger partial charge in [-0.15, -0.1) is 0 Å². The lowest BCUT2D eigenvalue weighted by Gasteiger charge is -2.23. The number of halogens is 1. The Morgan fingerprint density at radius 3 is 2.53 bits per heavy atom. The summed E-state index contributed by atoms with van der Waals surface area (Å²) in [6, 6.07) is 9.61. The zero-order valence-corrected chi connectivity index (χ0v) is 20.7. The van der Waals surface area contributed by atoms with E-state index in [0.29, 0.717) is 40.8 Å². The fourth-order valence-corrected chi connectivity index (χ4v) is 4.99. The molecule has 1 aliphatic carbocycles. The van der Waals surface area contributed by atoms with E-state index in [1.807, 2.05) is 37.3 Å². The van der Waals surface area contributed by atoms with E-state index in [4.69, 9.17) is 4.42 Å². The molecule has 0 saturated heterocycles. The van der Waals surface area contributed by atoms with E-state index < -0.39 is 10.0 Å². The van der Waals surface area contributed by atoms with E-state index in [2.05, 4.69) is 26.2 Å². The molecular weight excluding hydrogens is 494 g/mol. The van der Waals surface area contributed by atoms with Crippen LogP contribution < -0.4 is 9.62 Å². The zero-order valence-electron chi connectivity index (χ0n) is 18.3. The van der Waals surface area contributed by atoms with Crippen molar-refractivity contribution >= 4 is 48.8 Å². The maximum Gasteiger partial charge on any atom is 0.255 e. The Morgan fingerprint density at radius 1 is 1.28 bits per heavy atom. The summed E-state index contributed by atoms with van der Waals surface area (Å²) in [5.41, 5.74) is 3.38. The third kappa shape index (κ3) is 4.41. The van der Waals surface area contributed by atoms with Gasteiger partial charge in [-0.25, -0.2) is 8.42 Å². The van der Waals surface area contributed by atoms with Gasteiger partial charge in [0.2, 0.25) is 15.7 Å². The van der Waals surface area contributed by atoms with Crippen LogP contribution in [0.15, 0.2) is 34.7 Å². The van der Waals surface area contributed by atoms with Crippen molar-refractivity contribution in [3.05, 3.63) is 47.0 Å². The molecule has 3 aromatic rings. The zero-order chi connectivity index (χ0) is 23.0. The number of pyridine rings is 1. The number of aryl methyl sites for hydroxylation is 1. The maximum absolute atomic E-state index is 12.9. The number of hydrogen-bond donors (Lipinski definition) is 1. The van der Waals surface area contributed by atoms with Crippen molar-refractivity contribution in [1.29, 1.82) is 0 Å². The molecule has 1 saturated carbocycles. The Kier molecular flexibility index (Phi) is 6.31. The standard InChI is InChI=1S/C23H26BrN3O4S/c1-14-5-7-16(8-6-14)20-19(22(28)25-2)18-13-17(15-9-10-15)21(26-23(18)31-20)27(12-4-11-24)32(3,29)30/h5-8,13,15H,4,9-12H2,1-3H3,(H,25,28). The van der Waals surface area contributed by atoms with Gasteiger partial charge in [0, 0.05) is 24.5 Å². The Morgan fingerprint density at radius 2 is 1.97 bits per heavy atom. The first-order valence-electron chi connectivity index (χ1n) is 10.5. The number of rotatable bonds is 8. The van der Waals surface area contributed by atoms with Crippen LogP contribution in [0.5, 0.6) is 0 Å². The second-order valence-corrected chi connectivity index (χ2v) is 10.9. The van der Waals surface area contributed by atoms with Gasteiger partial charge in [-0.2, -0.15) is 4.98 Å². The Bertz CT molecular complexity index is 1260. The number of nitrogens with zero attached hydrogens (tertiary/aromatic N) is 2. The number of furan rings is 1. The monoisotopic (exact) mass is 519 g/mol. The molecule has 170 valence electrons. The molecule has 1 aromatic carbocycles. The third-order valence-electron chi connectivity index (χ3n) is 5.61. The molecule has 0 radical (unpaired) electrons. The predicted molar refractivity (Wildman–Crippen MR) is 130 cm³/mol. The fraction of sp³-hybridized carbons (Fsp3) is 0.391. The number of anilines is 1. The number of carbonyl (C=O) groups is 1. The van der Waals surface area contributed by atoms with Gasteiger partial charge in [0.15, 0.2) is 0 Å². The molecule has 32 heavy (non-hydrogen) atoms. The molecule has 0 atom stereocenters. The minimum Gasteiger partial charge on any atom is -0.437 e. The van der Waals surface area contributed by atoms with Crippen molar-refractivity contribution in [3.63, 3.8) is 0 Å². The number of aromatic nitrogens is 1. The molecule has 7 nitrogen and oxygen atoms in total. The van der Waals surface area contributed by atoms with E-state index in [1.165, 1.54) is 10.6 Å². The van der Waals surface area contributed by atoms with Gasteiger partial charge in [0.05, 0.1) is 17.2 Å². The molecule has 0 aliphatic heterocycles. The molecule has 1 aliphatic rings. The molecule has 9 heteroatoms. The summed E-state index contributed by atoms with van der Waals surface area (Å²) in [5.74, 6) is 0.786. The van der Waals surface area contributed by atoms with Crippen LogP contribution in [0.2, 0.25) is 0 Å². The number of fused-ring (bicyclic) bond motifs is 1. The average Bonchev–Trinajstić information content (AvgIpc) is 3.53. The quantitative estimate of drug-likeness (QED) is 0.439. The first-order chi connectivity index (χ1) is 15.2. The molecule has 1 fully saturated rings. The topological polar surface area (TPSA) is 92.5 Å². The SMILES string of the molecule is CNC(=O)c1c(-c2ccc(C)cc2)oc2nc(N(CCCBr)S(C)(=O)=O)c(C3CC3)cc12. The van der Waals surface area contributed by atoms with Crippen molar-refractivity contribution in [2.75, 3.05) is 29.5 Å². The van der Waals surface area contributed by atoms with E-state index in [-0.39, 0.29) is 17.5 Å². The lowest BCUT2D eigenvalue weighted by molar-refractivity contribution is 0.0964. The highest BCUT2D eigenvalue weighted by molar-refractivity contribution is 9.09. The summed E-state index contributed by atoms with van der Waals surface area (Å²) in [4.78, 5) is 17.5. The molecule has 2 heterocycles. The summed E-state index contributed by atoms with van der Waals surface area (Å²) < 4.78 is 32.7. The van der Waals surface area contributed by atoms with Gasteiger partial charge in [-0.05, 0) is 43.7 Å². The Hall–Kier alpha value is -2.39. The van der Waals surface area contributed by atoms with Crippen LogP contribution in [0.25, 0.3) is 22.4 Å². The highest BCUT2D eigenvalue weighted by Crippen LogP contribution is 2.46. The summed E-state index contributed by atoms with van der Waals surface area (Å²) in [6.45, 7) is 2.31.